The zero-order valence-electron chi connectivity index (χ0n) is 8.03. The van der Waals surface area contributed by atoms with Crippen molar-refractivity contribution in [3.63, 3.8) is 0 Å². The van der Waals surface area contributed by atoms with Gasteiger partial charge in [-0.25, -0.2) is 0 Å². The SMILES string of the molecule is Cc1cc(C(=O)c2cccs2)sc1C. The van der Waals surface area contributed by atoms with Crippen molar-refractivity contribution in [1.82, 2.24) is 0 Å². The predicted molar refractivity (Wildman–Crippen MR) is 61.5 cm³/mol. The lowest BCUT2D eigenvalue weighted by Crippen LogP contribution is -1.93. The first-order chi connectivity index (χ1) is 6.68. The highest BCUT2D eigenvalue weighted by molar-refractivity contribution is 7.16. The van der Waals surface area contributed by atoms with Gasteiger partial charge in [-0.15, -0.1) is 22.7 Å². The smallest absolute Gasteiger partial charge is 0.212 e. The minimum absolute atomic E-state index is 0.154. The molecule has 0 bridgehead atoms. The standard InChI is InChI=1S/C11H10OS2/c1-7-6-10(14-8(7)2)11(12)9-4-3-5-13-9/h3-6H,1-2H3. The molecule has 0 saturated heterocycles. The molecule has 2 aromatic heterocycles. The molecular weight excluding hydrogens is 212 g/mol. The van der Waals surface area contributed by atoms with E-state index in [1.54, 1.807) is 11.3 Å². The van der Waals surface area contributed by atoms with Gasteiger partial charge in [0, 0.05) is 4.88 Å². The first-order valence-corrected chi connectivity index (χ1v) is 6.03. The normalized spacial score (nSPS) is 10.4. The molecule has 2 aromatic rings. The molecule has 2 rings (SSSR count). The predicted octanol–water partition coefficient (Wildman–Crippen LogP) is 3.66. The van der Waals surface area contributed by atoms with Crippen LogP contribution < -0.4 is 0 Å². The lowest BCUT2D eigenvalue weighted by molar-refractivity contribution is 0.104. The van der Waals surface area contributed by atoms with Crippen molar-refractivity contribution >= 4 is 28.5 Å². The fourth-order valence-electron chi connectivity index (χ4n) is 1.21. The molecule has 0 aliphatic carbocycles. The highest BCUT2D eigenvalue weighted by Crippen LogP contribution is 2.24. The fraction of sp³-hybridized carbons (Fsp3) is 0.182. The second kappa shape index (κ2) is 3.67. The molecule has 72 valence electrons. The van der Waals surface area contributed by atoms with E-state index in [0.717, 1.165) is 9.75 Å². The Bertz CT molecular complexity index is 432. The van der Waals surface area contributed by atoms with Crippen LogP contribution in [0.5, 0.6) is 0 Å². The van der Waals surface area contributed by atoms with Gasteiger partial charge in [0.15, 0.2) is 0 Å². The van der Waals surface area contributed by atoms with Crippen LogP contribution in [0.4, 0.5) is 0 Å². The van der Waals surface area contributed by atoms with Crippen LogP contribution in [-0.2, 0) is 0 Å². The van der Waals surface area contributed by atoms with Gasteiger partial charge in [0.05, 0.1) is 9.75 Å². The van der Waals surface area contributed by atoms with E-state index in [9.17, 15) is 4.79 Å². The third-order valence-corrected chi connectivity index (χ3v) is 4.15. The topological polar surface area (TPSA) is 17.1 Å². The van der Waals surface area contributed by atoms with E-state index in [1.165, 1.54) is 21.8 Å². The summed E-state index contributed by atoms with van der Waals surface area (Å²) in [6, 6.07) is 5.75. The lowest BCUT2D eigenvalue weighted by Gasteiger charge is -1.90. The monoisotopic (exact) mass is 222 g/mol. The molecule has 0 aliphatic rings. The highest BCUT2D eigenvalue weighted by atomic mass is 32.1. The van der Waals surface area contributed by atoms with Crippen molar-refractivity contribution in [1.29, 1.82) is 0 Å². The molecule has 0 spiro atoms. The zero-order chi connectivity index (χ0) is 10.1. The van der Waals surface area contributed by atoms with Gasteiger partial charge in [0.1, 0.15) is 0 Å². The summed E-state index contributed by atoms with van der Waals surface area (Å²) in [7, 11) is 0. The summed E-state index contributed by atoms with van der Waals surface area (Å²) < 4.78 is 0. The van der Waals surface area contributed by atoms with Crippen molar-refractivity contribution in [2.75, 3.05) is 0 Å². The van der Waals surface area contributed by atoms with Crippen LogP contribution in [0.15, 0.2) is 23.6 Å². The average Bonchev–Trinajstić information content (AvgIpc) is 2.76. The maximum Gasteiger partial charge on any atom is 0.212 e. The summed E-state index contributed by atoms with van der Waals surface area (Å²) >= 11 is 3.08. The van der Waals surface area contributed by atoms with Crippen LogP contribution in [0, 0.1) is 13.8 Å². The summed E-state index contributed by atoms with van der Waals surface area (Å²) in [4.78, 5) is 14.8. The van der Waals surface area contributed by atoms with Crippen LogP contribution in [-0.4, -0.2) is 5.78 Å². The molecule has 0 aromatic carbocycles. The van der Waals surface area contributed by atoms with Crippen molar-refractivity contribution < 1.29 is 4.79 Å². The summed E-state index contributed by atoms with van der Waals surface area (Å²) in [5.41, 5.74) is 1.20. The van der Waals surface area contributed by atoms with Crippen molar-refractivity contribution in [3.05, 3.63) is 43.8 Å². The summed E-state index contributed by atoms with van der Waals surface area (Å²) in [5.74, 6) is 0.154. The third-order valence-electron chi connectivity index (χ3n) is 2.13. The highest BCUT2D eigenvalue weighted by Gasteiger charge is 2.13. The van der Waals surface area contributed by atoms with Gasteiger partial charge in [-0.1, -0.05) is 6.07 Å². The summed E-state index contributed by atoms with van der Waals surface area (Å²) in [6.07, 6.45) is 0. The van der Waals surface area contributed by atoms with E-state index in [4.69, 9.17) is 0 Å². The maximum absolute atomic E-state index is 11.9. The molecule has 0 unspecified atom stereocenters. The molecule has 3 heteroatoms. The van der Waals surface area contributed by atoms with Gasteiger partial charge in [-0.05, 0) is 36.9 Å². The number of thiophene rings is 2. The Morgan fingerprint density at radius 1 is 1.29 bits per heavy atom. The molecule has 0 atom stereocenters. The van der Waals surface area contributed by atoms with E-state index in [0.29, 0.717) is 0 Å². The molecule has 14 heavy (non-hydrogen) atoms. The maximum atomic E-state index is 11.9. The van der Waals surface area contributed by atoms with Gasteiger partial charge in [0.25, 0.3) is 0 Å². The van der Waals surface area contributed by atoms with E-state index in [2.05, 4.69) is 0 Å². The third kappa shape index (κ3) is 1.65. The Hall–Kier alpha value is -0.930. The molecule has 0 saturated carbocycles. The minimum atomic E-state index is 0.154. The van der Waals surface area contributed by atoms with Gasteiger partial charge in [-0.2, -0.15) is 0 Å². The van der Waals surface area contributed by atoms with Crippen molar-refractivity contribution in [2.24, 2.45) is 0 Å². The molecule has 2 heterocycles. The van der Waals surface area contributed by atoms with Gasteiger partial charge in [0.2, 0.25) is 5.78 Å². The molecule has 1 nitrogen and oxygen atoms in total. The second-order valence-corrected chi connectivity index (χ2v) is 5.36. The van der Waals surface area contributed by atoms with Crippen molar-refractivity contribution in [3.8, 4) is 0 Å². The first-order valence-electron chi connectivity index (χ1n) is 4.33. The van der Waals surface area contributed by atoms with Crippen molar-refractivity contribution in [2.45, 2.75) is 13.8 Å². The van der Waals surface area contributed by atoms with Gasteiger partial charge >= 0.3 is 0 Å². The largest absolute Gasteiger partial charge is 0.287 e. The number of hydrogen-bond acceptors (Lipinski definition) is 3. The molecule has 0 radical (unpaired) electrons. The number of carbonyl (C=O) groups excluding carboxylic acids is 1. The lowest BCUT2D eigenvalue weighted by atomic mass is 10.2. The fourth-order valence-corrected chi connectivity index (χ4v) is 2.94. The van der Waals surface area contributed by atoms with Gasteiger partial charge < -0.3 is 0 Å². The molecular formula is C11H10OS2. The summed E-state index contributed by atoms with van der Waals surface area (Å²) in [6.45, 7) is 4.09. The van der Waals surface area contributed by atoms with E-state index in [-0.39, 0.29) is 5.78 Å². The van der Waals surface area contributed by atoms with E-state index >= 15 is 0 Å². The van der Waals surface area contributed by atoms with E-state index in [1.807, 2.05) is 37.4 Å². The molecule has 0 aliphatic heterocycles. The number of hydrogen-bond donors (Lipinski definition) is 0. The Labute approximate surface area is 91.0 Å². The second-order valence-electron chi connectivity index (χ2n) is 3.16. The van der Waals surface area contributed by atoms with Crippen LogP contribution in [0.2, 0.25) is 0 Å². The Morgan fingerprint density at radius 2 is 2.07 bits per heavy atom. The average molecular weight is 222 g/mol. The van der Waals surface area contributed by atoms with Crippen LogP contribution in [0.3, 0.4) is 0 Å². The minimum Gasteiger partial charge on any atom is -0.287 e. The zero-order valence-corrected chi connectivity index (χ0v) is 9.67. The van der Waals surface area contributed by atoms with Crippen LogP contribution >= 0.6 is 22.7 Å². The van der Waals surface area contributed by atoms with Gasteiger partial charge in [-0.3, -0.25) is 4.79 Å². The Morgan fingerprint density at radius 3 is 2.57 bits per heavy atom. The quantitative estimate of drug-likeness (QED) is 0.709. The molecule has 0 N–H and O–H groups in total. The summed E-state index contributed by atoms with van der Waals surface area (Å²) in [5, 5.41) is 1.93. The van der Waals surface area contributed by atoms with Crippen LogP contribution in [0.25, 0.3) is 0 Å². The first kappa shape index (κ1) is 9.62. The van der Waals surface area contributed by atoms with Crippen LogP contribution in [0.1, 0.15) is 25.0 Å². The molecule has 0 amide bonds. The Kier molecular flexibility index (Phi) is 2.52. The number of carbonyl (C=O) groups is 1. The number of rotatable bonds is 2. The Balaban J connectivity index is 2.37. The van der Waals surface area contributed by atoms with E-state index < -0.39 is 0 Å². The number of aryl methyl sites for hydroxylation is 2. The molecule has 0 fully saturated rings. The number of ketones is 1.